The number of hydrogen-bond acceptors (Lipinski definition) is 7. The minimum absolute atomic E-state index is 0.0834. The second-order valence-corrected chi connectivity index (χ2v) is 16.2. The lowest BCUT2D eigenvalue weighted by molar-refractivity contribution is -0.231. The zero-order valence-electron chi connectivity index (χ0n) is 28.2. The summed E-state index contributed by atoms with van der Waals surface area (Å²) in [6.07, 6.45) is 8.00. The van der Waals surface area contributed by atoms with Gasteiger partial charge in [0.15, 0.2) is 6.29 Å². The number of hydrogen-bond donors (Lipinski definition) is 3. The Kier molecular flexibility index (Phi) is 9.55. The fourth-order valence-corrected chi connectivity index (χ4v) is 9.96. The third-order valence-electron chi connectivity index (χ3n) is 13.1. The molecule has 3 N–H and O–H groups in total. The van der Waals surface area contributed by atoms with E-state index in [1.54, 1.807) is 12.0 Å². The summed E-state index contributed by atoms with van der Waals surface area (Å²) in [5, 5.41) is 26.5. The molecular formula is C37H57N3O5. The minimum atomic E-state index is -1.27. The van der Waals surface area contributed by atoms with Gasteiger partial charge in [-0.1, -0.05) is 64.3 Å². The molecule has 0 aromatic heterocycles. The van der Waals surface area contributed by atoms with Crippen molar-refractivity contribution in [2.75, 3.05) is 20.1 Å². The van der Waals surface area contributed by atoms with Crippen molar-refractivity contribution in [2.45, 2.75) is 128 Å². The van der Waals surface area contributed by atoms with Crippen LogP contribution in [0.25, 0.3) is 0 Å². The van der Waals surface area contributed by atoms with Crippen molar-refractivity contribution in [1.82, 2.24) is 15.3 Å². The van der Waals surface area contributed by atoms with Crippen LogP contribution in [0.3, 0.4) is 0 Å². The Morgan fingerprint density at radius 1 is 1.11 bits per heavy atom. The van der Waals surface area contributed by atoms with Gasteiger partial charge in [0.1, 0.15) is 11.8 Å². The number of benzene rings is 1. The quantitative estimate of drug-likeness (QED) is 0.363. The van der Waals surface area contributed by atoms with Gasteiger partial charge in [-0.2, -0.15) is 5.06 Å². The molecule has 8 nitrogen and oxygen atoms in total. The number of aliphatic hydroxyl groups is 2. The van der Waals surface area contributed by atoms with Crippen LogP contribution in [0.2, 0.25) is 0 Å². The van der Waals surface area contributed by atoms with Crippen molar-refractivity contribution in [3.63, 3.8) is 0 Å². The zero-order chi connectivity index (χ0) is 32.1. The molecule has 250 valence electrons. The molecule has 2 aliphatic heterocycles. The first-order valence-corrected chi connectivity index (χ1v) is 17.8. The minimum Gasteiger partial charge on any atom is -0.393 e. The van der Waals surface area contributed by atoms with Crippen LogP contribution in [0.5, 0.6) is 0 Å². The van der Waals surface area contributed by atoms with Crippen LogP contribution in [0, 0.1) is 35.0 Å². The molecule has 2 heterocycles. The Hall–Kier alpha value is -1.84. The number of ketones is 1. The highest BCUT2D eigenvalue weighted by Gasteiger charge is 2.57. The summed E-state index contributed by atoms with van der Waals surface area (Å²) in [6.45, 7) is 10.9. The number of amides is 1. The summed E-state index contributed by atoms with van der Waals surface area (Å²) in [4.78, 5) is 35.9. The van der Waals surface area contributed by atoms with E-state index in [0.717, 1.165) is 63.6 Å². The highest BCUT2D eigenvalue weighted by Crippen LogP contribution is 2.61. The van der Waals surface area contributed by atoms with E-state index < -0.39 is 24.4 Å². The van der Waals surface area contributed by atoms with Crippen molar-refractivity contribution >= 4 is 11.7 Å². The van der Waals surface area contributed by atoms with Gasteiger partial charge in [-0.15, -0.1) is 0 Å². The SMILES string of the molecule is CC(O)[C@@H]1C(O)ON(Cc2cccc(C3(CC(=O)C4CCN(C)CC4)CCCCC3)c2)[C@@H]1C(=O)N[C@H]1C[C@H]2C[C@@H](C1C)C2(C)C. The Bertz CT molecular complexity index is 1220. The normalized spacial score (nSPS) is 35.8. The van der Waals surface area contributed by atoms with Crippen molar-refractivity contribution in [1.29, 1.82) is 0 Å². The average molecular weight is 624 g/mol. The van der Waals surface area contributed by atoms with Gasteiger partial charge in [-0.25, -0.2) is 0 Å². The maximum Gasteiger partial charge on any atom is 0.240 e. The Morgan fingerprint density at radius 2 is 1.82 bits per heavy atom. The highest BCUT2D eigenvalue weighted by atomic mass is 16.8. The van der Waals surface area contributed by atoms with Gasteiger partial charge in [0.2, 0.25) is 5.91 Å². The largest absolute Gasteiger partial charge is 0.393 e. The molecule has 45 heavy (non-hydrogen) atoms. The van der Waals surface area contributed by atoms with Crippen LogP contribution in [0.4, 0.5) is 0 Å². The average Bonchev–Trinajstić information content (AvgIpc) is 3.34. The lowest BCUT2D eigenvalue weighted by Gasteiger charge is -2.62. The van der Waals surface area contributed by atoms with E-state index in [2.05, 4.69) is 56.2 Å². The van der Waals surface area contributed by atoms with Crippen LogP contribution < -0.4 is 5.32 Å². The molecule has 1 amide bonds. The number of aliphatic hydroxyl groups excluding tert-OH is 2. The topological polar surface area (TPSA) is 102 Å². The summed E-state index contributed by atoms with van der Waals surface area (Å²) in [5.74, 6) is 1.21. The van der Waals surface area contributed by atoms with Gasteiger partial charge in [0, 0.05) is 23.8 Å². The van der Waals surface area contributed by atoms with Crippen LogP contribution >= 0.6 is 0 Å². The molecule has 4 aliphatic carbocycles. The molecule has 2 bridgehead atoms. The van der Waals surface area contributed by atoms with E-state index in [1.165, 1.54) is 18.4 Å². The Balaban J connectivity index is 1.19. The molecule has 0 spiro atoms. The first-order valence-electron chi connectivity index (χ1n) is 17.8. The van der Waals surface area contributed by atoms with Crippen LogP contribution in [0.1, 0.15) is 103 Å². The molecule has 4 saturated carbocycles. The standard InChI is InChI=1S/C37H57N3O5/c1-23-29-19-28(36(29,3)4)20-30(23)38-34(43)33-32(24(2)41)35(44)45-40(33)22-25-10-9-11-27(18-25)37(14-7-6-8-15-37)21-31(42)26-12-16-39(5)17-13-26/h9-11,18,23-24,26,28-30,32-33,35,41,44H,6-8,12-17,19-22H2,1-5H3,(H,38,43)/t23?,24?,28-,29+,30+,32+,33+,35?/m1/s1. The van der Waals surface area contributed by atoms with Gasteiger partial charge in [0.25, 0.3) is 0 Å². The summed E-state index contributed by atoms with van der Waals surface area (Å²) in [5.41, 5.74) is 2.34. The number of likely N-dealkylation sites (tertiary alicyclic amines) is 1. The number of piperidine rings is 1. The zero-order valence-corrected chi connectivity index (χ0v) is 28.2. The summed E-state index contributed by atoms with van der Waals surface area (Å²) < 4.78 is 0. The molecule has 8 heteroatoms. The number of nitrogens with one attached hydrogen (secondary N) is 1. The number of rotatable bonds is 9. The lowest BCUT2D eigenvalue weighted by Crippen LogP contribution is -2.62. The predicted octanol–water partition coefficient (Wildman–Crippen LogP) is 4.81. The number of carbonyl (C=O) groups is 2. The molecule has 2 saturated heterocycles. The van der Waals surface area contributed by atoms with E-state index in [1.807, 2.05) is 6.07 Å². The fraction of sp³-hybridized carbons (Fsp3) is 0.784. The van der Waals surface area contributed by atoms with E-state index >= 15 is 0 Å². The van der Waals surface area contributed by atoms with Crippen LogP contribution in [-0.2, 0) is 26.4 Å². The van der Waals surface area contributed by atoms with E-state index in [0.29, 0.717) is 41.9 Å². The van der Waals surface area contributed by atoms with E-state index in [-0.39, 0.29) is 23.3 Å². The predicted molar refractivity (Wildman–Crippen MR) is 174 cm³/mol. The monoisotopic (exact) mass is 623 g/mol. The van der Waals surface area contributed by atoms with E-state index in [9.17, 15) is 19.8 Å². The van der Waals surface area contributed by atoms with E-state index in [4.69, 9.17) is 4.84 Å². The summed E-state index contributed by atoms with van der Waals surface area (Å²) >= 11 is 0. The molecule has 6 fully saturated rings. The second-order valence-electron chi connectivity index (χ2n) is 16.2. The van der Waals surface area contributed by atoms with Gasteiger partial charge in [-0.3, -0.25) is 14.4 Å². The van der Waals surface area contributed by atoms with Gasteiger partial charge >= 0.3 is 0 Å². The number of carbonyl (C=O) groups excluding carboxylic acids is 2. The maximum atomic E-state index is 14.0. The highest BCUT2D eigenvalue weighted by molar-refractivity contribution is 5.83. The molecule has 6 aliphatic rings. The smallest absolute Gasteiger partial charge is 0.240 e. The third kappa shape index (κ3) is 6.39. The number of nitrogens with zero attached hydrogens (tertiary/aromatic N) is 2. The maximum absolute atomic E-state index is 14.0. The third-order valence-corrected chi connectivity index (χ3v) is 13.1. The van der Waals surface area contributed by atoms with Gasteiger partial charge in [0.05, 0.1) is 18.6 Å². The Morgan fingerprint density at radius 3 is 2.47 bits per heavy atom. The van der Waals surface area contributed by atoms with Crippen LogP contribution in [0.15, 0.2) is 24.3 Å². The van der Waals surface area contributed by atoms with Crippen LogP contribution in [-0.4, -0.2) is 76.5 Å². The number of hydroxylamine groups is 2. The second kappa shape index (κ2) is 13.0. The molecule has 1 aromatic carbocycles. The van der Waals surface area contributed by atoms with Gasteiger partial charge in [-0.05, 0) is 99.9 Å². The number of fused-ring (bicyclic) bond motifs is 2. The molecule has 3 unspecified atom stereocenters. The number of Topliss-reactive ketones (excluding diaryl/α,β-unsaturated/α-hetero) is 1. The van der Waals surface area contributed by atoms with Gasteiger partial charge < -0.3 is 20.4 Å². The molecule has 7 rings (SSSR count). The van der Waals surface area contributed by atoms with Crippen molar-refractivity contribution < 1.29 is 24.6 Å². The fourth-order valence-electron chi connectivity index (χ4n) is 9.96. The summed E-state index contributed by atoms with van der Waals surface area (Å²) in [6, 6.07) is 7.75. The molecular weight excluding hydrogens is 566 g/mol. The first kappa shape index (κ1) is 33.1. The molecule has 8 atom stereocenters. The first-order chi connectivity index (χ1) is 21.4. The molecule has 0 radical (unpaired) electrons. The van der Waals surface area contributed by atoms with Crippen molar-refractivity contribution in [3.05, 3.63) is 35.4 Å². The Labute approximate surface area is 270 Å². The molecule has 1 aromatic rings. The van der Waals surface area contributed by atoms with Crippen molar-refractivity contribution in [2.24, 2.45) is 35.0 Å². The lowest BCUT2D eigenvalue weighted by atomic mass is 9.45. The summed E-state index contributed by atoms with van der Waals surface area (Å²) in [7, 11) is 2.13. The van der Waals surface area contributed by atoms with Crippen molar-refractivity contribution in [3.8, 4) is 0 Å².